The minimum atomic E-state index is 0.0773. The molecule has 2 aromatic carbocycles. The van der Waals surface area contributed by atoms with Crippen molar-refractivity contribution in [3.63, 3.8) is 0 Å². The first-order valence-electron chi connectivity index (χ1n) is 10.4. The molecule has 0 aliphatic heterocycles. The number of carbonyl (C=O) groups is 1. The highest BCUT2D eigenvalue weighted by Gasteiger charge is 2.28. The summed E-state index contributed by atoms with van der Waals surface area (Å²) in [5, 5.41) is 1.57. The van der Waals surface area contributed by atoms with Crippen LogP contribution in [-0.4, -0.2) is 21.8 Å². The summed E-state index contributed by atoms with van der Waals surface area (Å²) in [6, 6.07) is 14.5. The number of hydrogen-bond acceptors (Lipinski definition) is 2. The molecule has 0 bridgehead atoms. The average Bonchev–Trinajstić information content (AvgIpc) is 3.21. The summed E-state index contributed by atoms with van der Waals surface area (Å²) >= 11 is 6.59. The topological polar surface area (TPSA) is 33.2 Å². The minimum Gasteiger partial charge on any atom is -0.331 e. The van der Waals surface area contributed by atoms with E-state index in [9.17, 15) is 4.79 Å². The van der Waals surface area contributed by atoms with Gasteiger partial charge in [-0.3, -0.25) is 4.79 Å². The van der Waals surface area contributed by atoms with Gasteiger partial charge >= 0.3 is 0 Å². The summed E-state index contributed by atoms with van der Waals surface area (Å²) < 4.78 is 0. The fraction of sp³-hybridized carbons (Fsp3) is 0.360. The summed E-state index contributed by atoms with van der Waals surface area (Å²) in [7, 11) is 0. The van der Waals surface area contributed by atoms with Crippen LogP contribution < -0.4 is 0 Å². The molecule has 0 unspecified atom stereocenters. The van der Waals surface area contributed by atoms with Crippen molar-refractivity contribution >= 4 is 28.4 Å². The van der Waals surface area contributed by atoms with Crippen LogP contribution in [0.5, 0.6) is 0 Å². The van der Waals surface area contributed by atoms with Crippen molar-refractivity contribution < 1.29 is 4.79 Å². The van der Waals surface area contributed by atoms with Gasteiger partial charge in [-0.2, -0.15) is 0 Å². The highest BCUT2D eigenvalue weighted by atomic mass is 35.5. The van der Waals surface area contributed by atoms with Crippen LogP contribution in [0.1, 0.15) is 58.3 Å². The second-order valence-electron chi connectivity index (χ2n) is 8.33. The second-order valence-corrected chi connectivity index (χ2v) is 8.69. The van der Waals surface area contributed by atoms with Crippen LogP contribution in [0, 0.1) is 20.8 Å². The van der Waals surface area contributed by atoms with Crippen LogP contribution in [-0.2, 0) is 6.54 Å². The Kier molecular flexibility index (Phi) is 5.60. The lowest BCUT2D eigenvalue weighted by atomic mass is 10.0. The summed E-state index contributed by atoms with van der Waals surface area (Å²) in [6.45, 7) is 6.68. The van der Waals surface area contributed by atoms with Crippen molar-refractivity contribution in [1.29, 1.82) is 0 Å². The molecule has 3 nitrogen and oxygen atoms in total. The fourth-order valence-electron chi connectivity index (χ4n) is 4.41. The van der Waals surface area contributed by atoms with E-state index in [1.807, 2.05) is 36.1 Å². The number of aromatic nitrogens is 1. The van der Waals surface area contributed by atoms with Gasteiger partial charge in [0, 0.05) is 29.1 Å². The molecule has 1 amide bonds. The van der Waals surface area contributed by atoms with E-state index in [-0.39, 0.29) is 11.9 Å². The van der Waals surface area contributed by atoms with Crippen molar-refractivity contribution in [1.82, 2.24) is 9.88 Å². The second kappa shape index (κ2) is 8.16. The van der Waals surface area contributed by atoms with E-state index in [1.165, 1.54) is 18.4 Å². The quantitative estimate of drug-likeness (QED) is 0.469. The Labute approximate surface area is 177 Å². The molecule has 0 atom stereocenters. The Morgan fingerprint density at radius 3 is 2.41 bits per heavy atom. The smallest absolute Gasteiger partial charge is 0.254 e. The van der Waals surface area contributed by atoms with Gasteiger partial charge in [-0.25, -0.2) is 4.98 Å². The van der Waals surface area contributed by atoms with Crippen molar-refractivity contribution in [2.24, 2.45) is 0 Å². The lowest BCUT2D eigenvalue weighted by Crippen LogP contribution is -2.38. The molecule has 0 N–H and O–H groups in total. The number of benzene rings is 2. The van der Waals surface area contributed by atoms with Crippen molar-refractivity contribution in [3.8, 4) is 0 Å². The predicted molar refractivity (Wildman–Crippen MR) is 120 cm³/mol. The fourth-order valence-corrected chi connectivity index (χ4v) is 4.61. The molecule has 150 valence electrons. The summed E-state index contributed by atoms with van der Waals surface area (Å²) in [6.07, 6.45) is 4.44. The van der Waals surface area contributed by atoms with E-state index < -0.39 is 0 Å². The number of amides is 1. The molecular weight excluding hydrogens is 380 g/mol. The molecule has 1 saturated carbocycles. The zero-order valence-corrected chi connectivity index (χ0v) is 18.1. The number of fused-ring (bicyclic) bond motifs is 1. The first-order valence-corrected chi connectivity index (χ1v) is 10.7. The molecule has 1 heterocycles. The average molecular weight is 407 g/mol. The molecule has 1 aromatic heterocycles. The summed E-state index contributed by atoms with van der Waals surface area (Å²) in [5.74, 6) is 0.0773. The highest BCUT2D eigenvalue weighted by molar-refractivity contribution is 6.30. The van der Waals surface area contributed by atoms with Crippen LogP contribution in [0.15, 0.2) is 42.5 Å². The molecule has 1 fully saturated rings. The Balaban J connectivity index is 1.71. The molecule has 1 aliphatic rings. The Bertz CT molecular complexity index is 1050. The predicted octanol–water partition coefficient (Wildman–Crippen LogP) is 6.40. The maximum Gasteiger partial charge on any atom is 0.254 e. The van der Waals surface area contributed by atoms with Gasteiger partial charge in [-0.05, 0) is 63.4 Å². The van der Waals surface area contributed by atoms with E-state index in [0.717, 1.165) is 46.0 Å². The first kappa shape index (κ1) is 19.9. The van der Waals surface area contributed by atoms with Gasteiger partial charge < -0.3 is 4.90 Å². The van der Waals surface area contributed by atoms with Gasteiger partial charge in [0.15, 0.2) is 0 Å². The van der Waals surface area contributed by atoms with Gasteiger partial charge in [-0.15, -0.1) is 0 Å². The van der Waals surface area contributed by atoms with Gasteiger partial charge in [-0.1, -0.05) is 53.8 Å². The number of hydrogen-bond donors (Lipinski definition) is 0. The van der Waals surface area contributed by atoms with Crippen LogP contribution in [0.25, 0.3) is 10.9 Å². The van der Waals surface area contributed by atoms with Gasteiger partial charge in [0.05, 0.1) is 5.52 Å². The Morgan fingerprint density at radius 2 is 1.72 bits per heavy atom. The Morgan fingerprint density at radius 1 is 1.03 bits per heavy atom. The van der Waals surface area contributed by atoms with E-state index in [0.29, 0.717) is 11.7 Å². The number of aryl methyl sites for hydroxylation is 3. The van der Waals surface area contributed by atoms with Gasteiger partial charge in [0.1, 0.15) is 5.15 Å². The Hall–Kier alpha value is -2.39. The molecule has 0 saturated heterocycles. The molecular formula is C25H27ClN2O. The molecule has 3 aromatic rings. The molecule has 0 radical (unpaired) electrons. The van der Waals surface area contributed by atoms with E-state index >= 15 is 0 Å². The maximum absolute atomic E-state index is 13.4. The van der Waals surface area contributed by atoms with Crippen LogP contribution in [0.2, 0.25) is 5.15 Å². The van der Waals surface area contributed by atoms with E-state index in [4.69, 9.17) is 11.6 Å². The van der Waals surface area contributed by atoms with Crippen LogP contribution in [0.4, 0.5) is 0 Å². The lowest BCUT2D eigenvalue weighted by Gasteiger charge is -2.29. The maximum atomic E-state index is 13.4. The summed E-state index contributed by atoms with van der Waals surface area (Å²) in [5.41, 5.74) is 6.06. The number of rotatable bonds is 4. The van der Waals surface area contributed by atoms with Gasteiger partial charge in [0.2, 0.25) is 0 Å². The highest BCUT2D eigenvalue weighted by Crippen LogP contribution is 2.30. The van der Waals surface area contributed by atoms with E-state index in [2.05, 4.69) is 37.0 Å². The number of carbonyl (C=O) groups excluding carboxylic acids is 1. The summed E-state index contributed by atoms with van der Waals surface area (Å²) in [4.78, 5) is 20.1. The lowest BCUT2D eigenvalue weighted by molar-refractivity contribution is 0.0664. The van der Waals surface area contributed by atoms with E-state index in [1.54, 1.807) is 0 Å². The molecule has 29 heavy (non-hydrogen) atoms. The normalized spacial score (nSPS) is 14.5. The molecule has 1 aliphatic carbocycles. The van der Waals surface area contributed by atoms with Crippen LogP contribution in [0.3, 0.4) is 0 Å². The number of halogens is 1. The van der Waals surface area contributed by atoms with Crippen LogP contribution >= 0.6 is 11.6 Å². The zero-order chi connectivity index (χ0) is 20.5. The third kappa shape index (κ3) is 4.16. The van der Waals surface area contributed by atoms with Crippen molar-refractivity contribution in [2.75, 3.05) is 0 Å². The SMILES string of the molecule is Cc1ccc(C(=O)N(Cc2cc3cc(C)cc(C)c3nc2Cl)C2CCCC2)cc1. The third-order valence-corrected chi connectivity index (χ3v) is 6.27. The third-order valence-electron chi connectivity index (χ3n) is 5.94. The largest absolute Gasteiger partial charge is 0.331 e. The standard InChI is InChI=1S/C25H27ClN2O/c1-16-8-10-19(11-9-16)25(29)28(22-6-4-5-7-22)15-21-14-20-13-17(2)12-18(3)23(20)27-24(21)26/h8-14,22H,4-7,15H2,1-3H3. The minimum absolute atomic E-state index is 0.0773. The first-order chi connectivity index (χ1) is 13.9. The van der Waals surface area contributed by atoms with Gasteiger partial charge in [0.25, 0.3) is 5.91 Å². The monoisotopic (exact) mass is 406 g/mol. The molecule has 0 spiro atoms. The number of pyridine rings is 1. The van der Waals surface area contributed by atoms with Crippen molar-refractivity contribution in [2.45, 2.75) is 59.0 Å². The molecule has 4 rings (SSSR count). The van der Waals surface area contributed by atoms with Crippen molar-refractivity contribution in [3.05, 3.63) is 75.4 Å². The number of nitrogens with zero attached hydrogens (tertiary/aromatic N) is 2. The molecule has 4 heteroatoms. The zero-order valence-electron chi connectivity index (χ0n) is 17.3.